The second-order valence-corrected chi connectivity index (χ2v) is 4.94. The third kappa shape index (κ3) is 4.29. The molecule has 0 aliphatic heterocycles. The van der Waals surface area contributed by atoms with E-state index in [1.807, 2.05) is 30.3 Å². The van der Waals surface area contributed by atoms with Crippen LogP contribution in [0.15, 0.2) is 42.5 Å². The molecule has 110 valence electrons. The Kier molecular flexibility index (Phi) is 4.90. The van der Waals surface area contributed by atoms with Gasteiger partial charge in [0.1, 0.15) is 0 Å². The molecule has 1 aromatic heterocycles. The molecule has 0 saturated carbocycles. The molecule has 2 aromatic rings. The van der Waals surface area contributed by atoms with Gasteiger partial charge in [0.05, 0.1) is 6.04 Å². The SMILES string of the molecule is Cc1ccc(O)c(NC(=O)[C@@H](N)CCc2ccccc2)n1. The second kappa shape index (κ2) is 6.85. The van der Waals surface area contributed by atoms with Gasteiger partial charge in [-0.05, 0) is 37.5 Å². The van der Waals surface area contributed by atoms with Crippen LogP contribution in [0.25, 0.3) is 0 Å². The Balaban J connectivity index is 1.92. The zero-order chi connectivity index (χ0) is 15.2. The summed E-state index contributed by atoms with van der Waals surface area (Å²) in [5.74, 6) is -0.265. The summed E-state index contributed by atoms with van der Waals surface area (Å²) in [5.41, 5.74) is 7.73. The monoisotopic (exact) mass is 285 g/mol. The van der Waals surface area contributed by atoms with Gasteiger partial charge in [-0.15, -0.1) is 0 Å². The molecule has 0 spiro atoms. The standard InChI is InChI=1S/C16H19N3O2/c1-11-7-10-14(20)15(18-11)19-16(21)13(17)9-8-12-5-3-2-4-6-12/h2-7,10,13,20H,8-9,17H2,1H3,(H,18,19,21)/t13-/m0/s1. The average molecular weight is 285 g/mol. The van der Waals surface area contributed by atoms with E-state index in [0.717, 1.165) is 12.0 Å². The summed E-state index contributed by atoms with van der Waals surface area (Å²) in [5, 5.41) is 12.2. The first kappa shape index (κ1) is 15.0. The summed E-state index contributed by atoms with van der Waals surface area (Å²) in [7, 11) is 0. The number of hydrogen-bond donors (Lipinski definition) is 3. The number of anilines is 1. The van der Waals surface area contributed by atoms with Crippen molar-refractivity contribution in [2.75, 3.05) is 5.32 Å². The summed E-state index contributed by atoms with van der Waals surface area (Å²) in [4.78, 5) is 16.1. The van der Waals surface area contributed by atoms with E-state index in [2.05, 4.69) is 10.3 Å². The Hall–Kier alpha value is -2.40. The Morgan fingerprint density at radius 1 is 1.29 bits per heavy atom. The first-order chi connectivity index (χ1) is 10.1. The number of nitrogens with zero attached hydrogens (tertiary/aromatic N) is 1. The Morgan fingerprint density at radius 3 is 2.71 bits per heavy atom. The van der Waals surface area contributed by atoms with E-state index in [1.54, 1.807) is 13.0 Å². The van der Waals surface area contributed by atoms with Crippen molar-refractivity contribution in [3.8, 4) is 5.75 Å². The number of carbonyl (C=O) groups is 1. The molecule has 0 fully saturated rings. The average Bonchev–Trinajstić information content (AvgIpc) is 2.49. The molecule has 21 heavy (non-hydrogen) atoms. The van der Waals surface area contributed by atoms with E-state index in [1.165, 1.54) is 6.07 Å². The highest BCUT2D eigenvalue weighted by Crippen LogP contribution is 2.20. The molecule has 1 atom stereocenters. The predicted octanol–water partition coefficient (Wildman–Crippen LogP) is 1.99. The maximum absolute atomic E-state index is 12.0. The third-order valence-electron chi connectivity index (χ3n) is 3.18. The molecule has 1 amide bonds. The van der Waals surface area contributed by atoms with E-state index in [9.17, 15) is 9.90 Å². The lowest BCUT2D eigenvalue weighted by molar-refractivity contribution is -0.117. The highest BCUT2D eigenvalue weighted by molar-refractivity contribution is 5.94. The van der Waals surface area contributed by atoms with Crippen LogP contribution in [0, 0.1) is 6.92 Å². The van der Waals surface area contributed by atoms with Crippen molar-refractivity contribution in [3.05, 3.63) is 53.7 Å². The van der Waals surface area contributed by atoms with Crippen LogP contribution in [0.4, 0.5) is 5.82 Å². The zero-order valence-electron chi connectivity index (χ0n) is 11.9. The number of nitrogens with two attached hydrogens (primary N) is 1. The molecule has 4 N–H and O–H groups in total. The highest BCUT2D eigenvalue weighted by atomic mass is 16.3. The maximum Gasteiger partial charge on any atom is 0.242 e. The summed E-state index contributed by atoms with van der Waals surface area (Å²) in [6.07, 6.45) is 1.26. The fourth-order valence-electron chi connectivity index (χ4n) is 1.95. The first-order valence-electron chi connectivity index (χ1n) is 6.83. The molecule has 0 bridgehead atoms. The fraction of sp³-hybridized carbons (Fsp3) is 0.250. The number of aryl methyl sites for hydroxylation is 2. The number of aromatic hydroxyl groups is 1. The Labute approximate surface area is 123 Å². The van der Waals surface area contributed by atoms with Gasteiger partial charge in [-0.25, -0.2) is 4.98 Å². The van der Waals surface area contributed by atoms with Crippen LogP contribution in [0.3, 0.4) is 0 Å². The van der Waals surface area contributed by atoms with Gasteiger partial charge < -0.3 is 16.2 Å². The van der Waals surface area contributed by atoms with E-state index in [-0.39, 0.29) is 17.5 Å². The molecule has 5 heteroatoms. The Morgan fingerprint density at radius 2 is 2.00 bits per heavy atom. The van der Waals surface area contributed by atoms with Crippen molar-refractivity contribution in [1.29, 1.82) is 0 Å². The van der Waals surface area contributed by atoms with Gasteiger partial charge in [0.2, 0.25) is 5.91 Å². The molecule has 1 aromatic carbocycles. The van der Waals surface area contributed by atoms with Crippen LogP contribution in [0.5, 0.6) is 5.75 Å². The van der Waals surface area contributed by atoms with E-state index in [0.29, 0.717) is 12.1 Å². The van der Waals surface area contributed by atoms with Crippen LogP contribution < -0.4 is 11.1 Å². The molecule has 0 radical (unpaired) electrons. The molecule has 0 aliphatic rings. The largest absolute Gasteiger partial charge is 0.504 e. The van der Waals surface area contributed by atoms with E-state index in [4.69, 9.17) is 5.73 Å². The number of pyridine rings is 1. The molecule has 2 rings (SSSR count). The molecule has 0 unspecified atom stereocenters. The lowest BCUT2D eigenvalue weighted by Gasteiger charge is -2.13. The van der Waals surface area contributed by atoms with Gasteiger partial charge in [0.25, 0.3) is 0 Å². The summed E-state index contributed by atoms with van der Waals surface area (Å²) >= 11 is 0. The van der Waals surface area contributed by atoms with Crippen molar-refractivity contribution in [3.63, 3.8) is 0 Å². The normalized spacial score (nSPS) is 11.9. The quantitative estimate of drug-likeness (QED) is 0.784. The number of hydrogen-bond acceptors (Lipinski definition) is 4. The third-order valence-corrected chi connectivity index (χ3v) is 3.18. The van der Waals surface area contributed by atoms with Crippen LogP contribution in [0.2, 0.25) is 0 Å². The van der Waals surface area contributed by atoms with Crippen LogP contribution in [-0.4, -0.2) is 22.0 Å². The smallest absolute Gasteiger partial charge is 0.242 e. The van der Waals surface area contributed by atoms with Crippen LogP contribution >= 0.6 is 0 Å². The van der Waals surface area contributed by atoms with Crippen molar-refractivity contribution in [2.24, 2.45) is 5.73 Å². The minimum Gasteiger partial charge on any atom is -0.504 e. The van der Waals surface area contributed by atoms with Crippen molar-refractivity contribution in [1.82, 2.24) is 4.98 Å². The number of amides is 1. The van der Waals surface area contributed by atoms with E-state index < -0.39 is 6.04 Å². The van der Waals surface area contributed by atoms with Crippen molar-refractivity contribution in [2.45, 2.75) is 25.8 Å². The number of aromatic nitrogens is 1. The summed E-state index contributed by atoms with van der Waals surface area (Å²) in [6, 6.07) is 12.4. The molecule has 5 nitrogen and oxygen atoms in total. The summed E-state index contributed by atoms with van der Waals surface area (Å²) in [6.45, 7) is 1.78. The second-order valence-electron chi connectivity index (χ2n) is 4.94. The molecular weight excluding hydrogens is 266 g/mol. The number of nitrogens with one attached hydrogen (secondary N) is 1. The number of benzene rings is 1. The van der Waals surface area contributed by atoms with E-state index >= 15 is 0 Å². The van der Waals surface area contributed by atoms with Crippen LogP contribution in [0.1, 0.15) is 17.7 Å². The zero-order valence-corrected chi connectivity index (χ0v) is 11.9. The minimum absolute atomic E-state index is 0.0655. The van der Waals surface area contributed by atoms with Gasteiger partial charge in [-0.3, -0.25) is 4.79 Å². The minimum atomic E-state index is -0.646. The number of rotatable bonds is 5. The molecule has 0 aliphatic carbocycles. The molecular formula is C16H19N3O2. The van der Waals surface area contributed by atoms with Gasteiger partial charge in [-0.1, -0.05) is 30.3 Å². The molecule has 0 saturated heterocycles. The first-order valence-corrected chi connectivity index (χ1v) is 6.83. The fourth-order valence-corrected chi connectivity index (χ4v) is 1.95. The number of carbonyl (C=O) groups excluding carboxylic acids is 1. The van der Waals surface area contributed by atoms with Crippen molar-refractivity contribution < 1.29 is 9.90 Å². The van der Waals surface area contributed by atoms with Gasteiger partial charge in [0, 0.05) is 5.69 Å². The Bertz CT molecular complexity index is 614. The van der Waals surface area contributed by atoms with Gasteiger partial charge >= 0.3 is 0 Å². The van der Waals surface area contributed by atoms with Gasteiger partial charge in [0.15, 0.2) is 11.6 Å². The topological polar surface area (TPSA) is 88.2 Å². The summed E-state index contributed by atoms with van der Waals surface area (Å²) < 4.78 is 0. The lowest BCUT2D eigenvalue weighted by Crippen LogP contribution is -2.36. The van der Waals surface area contributed by atoms with Crippen molar-refractivity contribution >= 4 is 11.7 Å². The molecule has 1 heterocycles. The van der Waals surface area contributed by atoms with Crippen LogP contribution in [-0.2, 0) is 11.2 Å². The van der Waals surface area contributed by atoms with Gasteiger partial charge in [-0.2, -0.15) is 0 Å². The maximum atomic E-state index is 12.0. The lowest BCUT2D eigenvalue weighted by atomic mass is 10.1. The predicted molar refractivity (Wildman–Crippen MR) is 82.0 cm³/mol. The highest BCUT2D eigenvalue weighted by Gasteiger charge is 2.16.